The average Bonchev–Trinajstić information content (AvgIpc) is 2.86. The van der Waals surface area contributed by atoms with Crippen molar-refractivity contribution >= 4 is 0 Å². The number of rotatable bonds is 2. The van der Waals surface area contributed by atoms with Crippen LogP contribution in [0.15, 0.2) is 0 Å². The van der Waals surface area contributed by atoms with Crippen molar-refractivity contribution in [3.8, 4) is 0 Å². The average molecular weight is 249 g/mol. The van der Waals surface area contributed by atoms with Gasteiger partial charge in [-0.25, -0.2) is 0 Å². The Kier molecular flexibility index (Phi) is 2.20. The summed E-state index contributed by atoms with van der Waals surface area (Å²) in [5.41, 5.74) is -1.77. The lowest BCUT2D eigenvalue weighted by Gasteiger charge is -2.56. The Hall–Kier alpha value is -0.290. The van der Waals surface area contributed by atoms with Crippen molar-refractivity contribution in [3.05, 3.63) is 0 Å². The first-order valence-electron chi connectivity index (χ1n) is 6.24. The fourth-order valence-corrected chi connectivity index (χ4v) is 3.55. The van der Waals surface area contributed by atoms with Crippen molar-refractivity contribution in [2.24, 2.45) is 11.3 Å². The molecule has 1 N–H and O–H groups in total. The number of hydrogen-bond acceptors (Lipinski definition) is 2. The molecule has 3 atom stereocenters. The minimum Gasteiger partial charge on any atom is -0.377 e. The van der Waals surface area contributed by atoms with Crippen LogP contribution in [0.5, 0.6) is 0 Å². The minimum atomic E-state index is -4.12. The highest BCUT2D eigenvalue weighted by Crippen LogP contribution is 2.56. The predicted octanol–water partition coefficient (Wildman–Crippen LogP) is 2.48. The molecule has 0 aromatic carbocycles. The van der Waals surface area contributed by atoms with Crippen LogP contribution in [-0.2, 0) is 4.74 Å². The molecule has 2 nitrogen and oxygen atoms in total. The van der Waals surface area contributed by atoms with E-state index in [1.807, 2.05) is 13.8 Å². The van der Waals surface area contributed by atoms with Crippen LogP contribution in [-0.4, -0.2) is 30.5 Å². The van der Waals surface area contributed by atoms with Crippen LogP contribution in [0.4, 0.5) is 13.2 Å². The zero-order valence-electron chi connectivity index (χ0n) is 10.1. The molecule has 0 aromatic rings. The van der Waals surface area contributed by atoms with Gasteiger partial charge in [-0.2, -0.15) is 13.2 Å². The third-order valence-electron chi connectivity index (χ3n) is 4.82. The number of ether oxygens (including phenoxy) is 1. The molecule has 3 fully saturated rings. The summed E-state index contributed by atoms with van der Waals surface area (Å²) in [4.78, 5) is 0. The molecule has 1 aliphatic heterocycles. The largest absolute Gasteiger partial charge is 0.406 e. The topological polar surface area (TPSA) is 21.3 Å². The normalized spacial score (nSPS) is 41.8. The Bertz CT molecular complexity index is 335. The molecule has 0 aromatic heterocycles. The van der Waals surface area contributed by atoms with E-state index in [0.717, 1.165) is 6.42 Å². The van der Waals surface area contributed by atoms with Gasteiger partial charge in [-0.1, -0.05) is 13.8 Å². The Morgan fingerprint density at radius 2 is 1.88 bits per heavy atom. The quantitative estimate of drug-likeness (QED) is 0.811. The highest BCUT2D eigenvalue weighted by molar-refractivity contribution is 5.18. The molecule has 1 heterocycles. The van der Waals surface area contributed by atoms with Gasteiger partial charge >= 0.3 is 6.18 Å². The highest BCUT2D eigenvalue weighted by Gasteiger charge is 2.68. The monoisotopic (exact) mass is 249 g/mol. The Labute approximate surface area is 98.9 Å². The van der Waals surface area contributed by atoms with Crippen molar-refractivity contribution in [3.63, 3.8) is 0 Å². The van der Waals surface area contributed by atoms with Gasteiger partial charge in [0.25, 0.3) is 0 Å². The van der Waals surface area contributed by atoms with Crippen LogP contribution in [0.25, 0.3) is 0 Å². The van der Waals surface area contributed by atoms with E-state index < -0.39 is 11.7 Å². The van der Waals surface area contributed by atoms with E-state index in [4.69, 9.17) is 4.74 Å². The van der Waals surface area contributed by atoms with Crippen molar-refractivity contribution in [2.75, 3.05) is 6.61 Å². The Morgan fingerprint density at radius 1 is 1.24 bits per heavy atom. The number of alkyl halides is 3. The highest BCUT2D eigenvalue weighted by atomic mass is 19.4. The van der Waals surface area contributed by atoms with Gasteiger partial charge in [-0.05, 0) is 19.3 Å². The molecule has 0 amide bonds. The van der Waals surface area contributed by atoms with Gasteiger partial charge in [-0.15, -0.1) is 0 Å². The van der Waals surface area contributed by atoms with Gasteiger partial charge in [0.15, 0.2) is 0 Å². The van der Waals surface area contributed by atoms with E-state index in [2.05, 4.69) is 5.32 Å². The van der Waals surface area contributed by atoms with Gasteiger partial charge in [0.05, 0.1) is 6.10 Å². The number of fused-ring (bicyclic) bond motifs is 1. The van der Waals surface area contributed by atoms with Gasteiger partial charge in [0.2, 0.25) is 0 Å². The number of nitrogens with one attached hydrogen (secondary N) is 1. The maximum absolute atomic E-state index is 12.9. The third-order valence-corrected chi connectivity index (χ3v) is 4.82. The van der Waals surface area contributed by atoms with Crippen molar-refractivity contribution in [2.45, 2.75) is 57.0 Å². The first-order chi connectivity index (χ1) is 7.78. The summed E-state index contributed by atoms with van der Waals surface area (Å²) >= 11 is 0. The second kappa shape index (κ2) is 3.18. The maximum Gasteiger partial charge on any atom is 0.406 e. The van der Waals surface area contributed by atoms with E-state index in [0.29, 0.717) is 6.61 Å². The molecule has 2 aliphatic carbocycles. The summed E-state index contributed by atoms with van der Waals surface area (Å²) in [6.45, 7) is 4.70. The molecule has 17 heavy (non-hydrogen) atoms. The van der Waals surface area contributed by atoms with E-state index >= 15 is 0 Å². The molecule has 3 rings (SSSR count). The summed E-state index contributed by atoms with van der Waals surface area (Å²) in [6, 6.07) is -0.0564. The molecule has 0 spiro atoms. The fourth-order valence-electron chi connectivity index (χ4n) is 3.55. The predicted molar refractivity (Wildman–Crippen MR) is 56.6 cm³/mol. The first kappa shape index (κ1) is 11.8. The standard InChI is InChI=1S/C12H18F3NO/c1-10(2)8(7-3-6-17-9(7)10)16-11(4-5-11)12(13,14)15/h7-9,16H,3-6H2,1-2H3. The van der Waals surface area contributed by atoms with Crippen LogP contribution in [0.3, 0.4) is 0 Å². The van der Waals surface area contributed by atoms with Gasteiger partial charge in [-0.3, -0.25) is 5.32 Å². The number of halogens is 3. The van der Waals surface area contributed by atoms with Crippen LogP contribution in [0.2, 0.25) is 0 Å². The van der Waals surface area contributed by atoms with Crippen LogP contribution in [0.1, 0.15) is 33.1 Å². The molecular formula is C12H18F3NO. The third kappa shape index (κ3) is 1.48. The zero-order chi connectivity index (χ0) is 12.5. The van der Waals surface area contributed by atoms with Crippen molar-refractivity contribution in [1.82, 2.24) is 5.32 Å². The summed E-state index contributed by atoms with van der Waals surface area (Å²) in [6.07, 6.45) is -2.64. The summed E-state index contributed by atoms with van der Waals surface area (Å²) in [7, 11) is 0. The Morgan fingerprint density at radius 3 is 2.41 bits per heavy atom. The smallest absolute Gasteiger partial charge is 0.377 e. The van der Waals surface area contributed by atoms with E-state index in [-0.39, 0.29) is 36.3 Å². The summed E-state index contributed by atoms with van der Waals surface area (Å²) in [5.74, 6) is 0.268. The molecule has 3 aliphatic rings. The Balaban J connectivity index is 1.74. The van der Waals surface area contributed by atoms with Gasteiger partial charge < -0.3 is 4.74 Å². The second-order valence-electron chi connectivity index (χ2n) is 6.27. The zero-order valence-corrected chi connectivity index (χ0v) is 10.1. The van der Waals surface area contributed by atoms with E-state index in [1.165, 1.54) is 0 Å². The van der Waals surface area contributed by atoms with Gasteiger partial charge in [0, 0.05) is 24.0 Å². The molecule has 0 bridgehead atoms. The maximum atomic E-state index is 12.9. The molecule has 3 unspecified atom stereocenters. The molecule has 1 saturated heterocycles. The lowest BCUT2D eigenvalue weighted by Crippen LogP contribution is -2.69. The summed E-state index contributed by atoms with van der Waals surface area (Å²) < 4.78 is 44.4. The molecule has 5 heteroatoms. The first-order valence-corrected chi connectivity index (χ1v) is 6.24. The fraction of sp³-hybridized carbons (Fsp3) is 1.00. The van der Waals surface area contributed by atoms with Gasteiger partial charge in [0.1, 0.15) is 5.54 Å². The SMILES string of the molecule is CC1(C)C(NC2(C(F)(F)F)CC2)C2CCOC21. The molecule has 0 radical (unpaired) electrons. The van der Waals surface area contributed by atoms with Crippen molar-refractivity contribution < 1.29 is 17.9 Å². The molecular weight excluding hydrogens is 231 g/mol. The van der Waals surface area contributed by atoms with E-state index in [1.54, 1.807) is 0 Å². The van der Waals surface area contributed by atoms with Crippen LogP contribution in [0, 0.1) is 11.3 Å². The second-order valence-corrected chi connectivity index (χ2v) is 6.27. The lowest BCUT2D eigenvalue weighted by atomic mass is 9.57. The van der Waals surface area contributed by atoms with Crippen LogP contribution >= 0.6 is 0 Å². The molecule has 2 saturated carbocycles. The van der Waals surface area contributed by atoms with E-state index in [9.17, 15) is 13.2 Å². The summed E-state index contributed by atoms with van der Waals surface area (Å²) in [5, 5.41) is 2.90. The van der Waals surface area contributed by atoms with Crippen LogP contribution < -0.4 is 5.32 Å². The van der Waals surface area contributed by atoms with Crippen molar-refractivity contribution in [1.29, 1.82) is 0 Å². The lowest BCUT2D eigenvalue weighted by molar-refractivity contribution is -0.187. The molecule has 98 valence electrons. The minimum absolute atomic E-state index is 0.0564. The number of hydrogen-bond donors (Lipinski definition) is 1.